The molecule has 122 valence electrons. The van der Waals surface area contributed by atoms with Crippen molar-refractivity contribution in [2.24, 2.45) is 5.92 Å². The molecule has 0 saturated carbocycles. The average molecular weight is 332 g/mol. The summed E-state index contributed by atoms with van der Waals surface area (Å²) in [7, 11) is 1.65. The zero-order valence-corrected chi connectivity index (χ0v) is 14.4. The first-order valence-electron chi connectivity index (χ1n) is 7.65. The van der Waals surface area contributed by atoms with Crippen LogP contribution in [0.25, 0.3) is 0 Å². The highest BCUT2D eigenvalue weighted by atomic mass is 35.5. The van der Waals surface area contributed by atoms with Crippen LogP contribution in [0.15, 0.2) is 48.5 Å². The van der Waals surface area contributed by atoms with Crippen LogP contribution >= 0.6 is 11.6 Å². The summed E-state index contributed by atoms with van der Waals surface area (Å²) in [5.74, 6) is 0.190. The lowest BCUT2D eigenvalue weighted by Crippen LogP contribution is -2.31. The van der Waals surface area contributed by atoms with Gasteiger partial charge in [-0.25, -0.2) is 0 Å². The van der Waals surface area contributed by atoms with Crippen molar-refractivity contribution in [1.29, 1.82) is 0 Å². The van der Waals surface area contributed by atoms with Crippen LogP contribution in [0.5, 0.6) is 0 Å². The van der Waals surface area contributed by atoms with Crippen LogP contribution < -0.4 is 5.32 Å². The molecule has 3 nitrogen and oxygen atoms in total. The molecule has 0 spiro atoms. The summed E-state index contributed by atoms with van der Waals surface area (Å²) in [5, 5.41) is 3.80. The van der Waals surface area contributed by atoms with Crippen LogP contribution in [0, 0.1) is 5.92 Å². The minimum Gasteiger partial charge on any atom is -0.380 e. The molecule has 1 amide bonds. The van der Waals surface area contributed by atoms with Gasteiger partial charge in [-0.3, -0.25) is 4.79 Å². The topological polar surface area (TPSA) is 38.3 Å². The highest BCUT2D eigenvalue weighted by molar-refractivity contribution is 6.30. The van der Waals surface area contributed by atoms with Crippen LogP contribution in [-0.2, 0) is 11.3 Å². The Balaban J connectivity index is 2.13. The lowest BCUT2D eigenvalue weighted by Gasteiger charge is -2.23. The third-order valence-corrected chi connectivity index (χ3v) is 3.96. The SMILES string of the molecule is COCc1ccc(C(=O)N[C@@H](c2ccc(Cl)cc2)C(C)C)cc1. The molecule has 0 radical (unpaired) electrons. The lowest BCUT2D eigenvalue weighted by atomic mass is 9.95. The van der Waals surface area contributed by atoms with Gasteiger partial charge in [-0.2, -0.15) is 0 Å². The van der Waals surface area contributed by atoms with Crippen molar-refractivity contribution in [2.45, 2.75) is 26.5 Å². The van der Waals surface area contributed by atoms with Gasteiger partial charge in [0.05, 0.1) is 12.6 Å². The van der Waals surface area contributed by atoms with Gasteiger partial charge in [0.2, 0.25) is 0 Å². The van der Waals surface area contributed by atoms with E-state index in [1.54, 1.807) is 7.11 Å². The summed E-state index contributed by atoms with van der Waals surface area (Å²) in [4.78, 5) is 12.5. The predicted molar refractivity (Wildman–Crippen MR) is 93.7 cm³/mol. The normalized spacial score (nSPS) is 12.2. The van der Waals surface area contributed by atoms with Gasteiger partial charge >= 0.3 is 0 Å². The van der Waals surface area contributed by atoms with E-state index < -0.39 is 0 Å². The quantitative estimate of drug-likeness (QED) is 0.839. The molecule has 1 N–H and O–H groups in total. The molecule has 2 rings (SSSR count). The average Bonchev–Trinajstić information content (AvgIpc) is 2.54. The Morgan fingerprint density at radius 2 is 1.70 bits per heavy atom. The molecule has 2 aromatic rings. The van der Waals surface area contributed by atoms with E-state index in [0.29, 0.717) is 17.2 Å². The third kappa shape index (κ3) is 4.81. The van der Waals surface area contributed by atoms with Crippen LogP contribution in [0.4, 0.5) is 0 Å². The molecule has 0 aliphatic heterocycles. The van der Waals surface area contributed by atoms with Crippen molar-refractivity contribution in [3.63, 3.8) is 0 Å². The van der Waals surface area contributed by atoms with Gasteiger partial charge in [0.15, 0.2) is 0 Å². The fraction of sp³-hybridized carbons (Fsp3) is 0.316. The molecule has 0 fully saturated rings. The second-order valence-electron chi connectivity index (χ2n) is 5.88. The number of hydrogen-bond donors (Lipinski definition) is 1. The lowest BCUT2D eigenvalue weighted by molar-refractivity contribution is 0.0925. The molecule has 23 heavy (non-hydrogen) atoms. The molecular formula is C19H22ClNO2. The number of methoxy groups -OCH3 is 1. The molecule has 0 unspecified atom stereocenters. The van der Waals surface area contributed by atoms with Gasteiger partial charge in [0.25, 0.3) is 5.91 Å². The molecule has 4 heteroatoms. The van der Waals surface area contributed by atoms with Gasteiger partial charge in [-0.15, -0.1) is 0 Å². The van der Waals surface area contributed by atoms with Crippen LogP contribution in [0.2, 0.25) is 5.02 Å². The summed E-state index contributed by atoms with van der Waals surface area (Å²) in [6.07, 6.45) is 0. The molecular weight excluding hydrogens is 310 g/mol. The van der Waals surface area contributed by atoms with E-state index in [9.17, 15) is 4.79 Å². The largest absolute Gasteiger partial charge is 0.380 e. The number of benzene rings is 2. The Morgan fingerprint density at radius 3 is 2.22 bits per heavy atom. The predicted octanol–water partition coefficient (Wildman–Crippen LogP) is 4.61. The number of carbonyl (C=O) groups is 1. The monoisotopic (exact) mass is 331 g/mol. The maximum Gasteiger partial charge on any atom is 0.251 e. The summed E-state index contributed by atoms with van der Waals surface area (Å²) in [6.45, 7) is 4.71. The van der Waals surface area contributed by atoms with E-state index in [1.807, 2.05) is 48.5 Å². The standard InChI is InChI=1S/C19H22ClNO2/c1-13(2)18(15-8-10-17(20)11-9-15)21-19(22)16-6-4-14(5-7-16)12-23-3/h4-11,13,18H,12H2,1-3H3,(H,21,22)/t18-/m1/s1. The van der Waals surface area contributed by atoms with Crippen molar-refractivity contribution in [3.05, 3.63) is 70.2 Å². The molecule has 0 heterocycles. The van der Waals surface area contributed by atoms with Gasteiger partial charge in [0, 0.05) is 17.7 Å². The number of carbonyl (C=O) groups excluding carboxylic acids is 1. The third-order valence-electron chi connectivity index (χ3n) is 3.71. The molecule has 1 atom stereocenters. The molecule has 0 bridgehead atoms. The Hall–Kier alpha value is -1.84. The zero-order chi connectivity index (χ0) is 16.8. The Bertz CT molecular complexity index is 635. The number of ether oxygens (including phenoxy) is 1. The zero-order valence-electron chi connectivity index (χ0n) is 13.7. The van der Waals surface area contributed by atoms with E-state index in [1.165, 1.54) is 0 Å². The summed E-state index contributed by atoms with van der Waals surface area (Å²) in [6, 6.07) is 15.0. The molecule has 2 aromatic carbocycles. The Labute approximate surface area is 142 Å². The van der Waals surface area contributed by atoms with Crippen molar-refractivity contribution in [1.82, 2.24) is 5.32 Å². The molecule has 0 aliphatic rings. The molecule has 0 aliphatic carbocycles. The van der Waals surface area contributed by atoms with Gasteiger partial charge in [-0.1, -0.05) is 49.7 Å². The second-order valence-corrected chi connectivity index (χ2v) is 6.31. The van der Waals surface area contributed by atoms with E-state index in [-0.39, 0.29) is 17.9 Å². The maximum atomic E-state index is 12.5. The van der Waals surface area contributed by atoms with E-state index in [0.717, 1.165) is 11.1 Å². The number of nitrogens with one attached hydrogen (secondary N) is 1. The summed E-state index contributed by atoms with van der Waals surface area (Å²) in [5.41, 5.74) is 2.74. The fourth-order valence-corrected chi connectivity index (χ4v) is 2.57. The van der Waals surface area contributed by atoms with Gasteiger partial charge < -0.3 is 10.1 Å². The Morgan fingerprint density at radius 1 is 1.09 bits per heavy atom. The van der Waals surface area contributed by atoms with Gasteiger partial charge in [0.1, 0.15) is 0 Å². The number of rotatable bonds is 6. The van der Waals surface area contributed by atoms with E-state index in [2.05, 4.69) is 19.2 Å². The molecule has 0 aromatic heterocycles. The number of amides is 1. The van der Waals surface area contributed by atoms with Crippen LogP contribution in [0.1, 0.15) is 41.4 Å². The second kappa shape index (κ2) is 8.14. The number of halogens is 1. The van der Waals surface area contributed by atoms with Crippen molar-refractivity contribution >= 4 is 17.5 Å². The van der Waals surface area contributed by atoms with Crippen LogP contribution in [-0.4, -0.2) is 13.0 Å². The van der Waals surface area contributed by atoms with E-state index in [4.69, 9.17) is 16.3 Å². The van der Waals surface area contributed by atoms with E-state index >= 15 is 0 Å². The first kappa shape index (κ1) is 17.5. The Kier molecular flexibility index (Phi) is 6.20. The van der Waals surface area contributed by atoms with Crippen LogP contribution in [0.3, 0.4) is 0 Å². The number of hydrogen-bond acceptors (Lipinski definition) is 2. The fourth-order valence-electron chi connectivity index (χ4n) is 2.45. The highest BCUT2D eigenvalue weighted by Crippen LogP contribution is 2.23. The summed E-state index contributed by atoms with van der Waals surface area (Å²) >= 11 is 5.94. The smallest absolute Gasteiger partial charge is 0.251 e. The van der Waals surface area contributed by atoms with Crippen molar-refractivity contribution in [3.8, 4) is 0 Å². The highest BCUT2D eigenvalue weighted by Gasteiger charge is 2.19. The van der Waals surface area contributed by atoms with Gasteiger partial charge in [-0.05, 0) is 41.3 Å². The molecule has 0 saturated heterocycles. The maximum absolute atomic E-state index is 12.5. The minimum atomic E-state index is -0.0809. The minimum absolute atomic E-state index is 0.0570. The van der Waals surface area contributed by atoms with Crippen molar-refractivity contribution in [2.75, 3.05) is 7.11 Å². The first-order valence-corrected chi connectivity index (χ1v) is 8.03. The first-order chi connectivity index (χ1) is 11.0. The van der Waals surface area contributed by atoms with Crippen molar-refractivity contribution < 1.29 is 9.53 Å². The summed E-state index contributed by atoms with van der Waals surface area (Å²) < 4.78 is 5.08.